The van der Waals surface area contributed by atoms with E-state index in [-0.39, 0.29) is 17.3 Å². The highest BCUT2D eigenvalue weighted by atomic mass is 35.5. The molecule has 0 fully saturated rings. The Morgan fingerprint density at radius 1 is 0.900 bits per heavy atom. The third-order valence-corrected chi connectivity index (χ3v) is 8.92. The third-order valence-electron chi connectivity index (χ3n) is 6.29. The summed E-state index contributed by atoms with van der Waals surface area (Å²) in [7, 11) is -4.18. The minimum absolute atomic E-state index is 0.0182. The normalized spacial score (nSPS) is 12.1. The average Bonchev–Trinajstić information content (AvgIpc) is 2.92. The Hall–Kier alpha value is -2.78. The molecule has 0 aliphatic rings. The molecule has 3 aromatic carbocycles. The Bertz CT molecular complexity index is 1430. The lowest BCUT2D eigenvalue weighted by Crippen LogP contribution is -2.52. The van der Waals surface area contributed by atoms with Gasteiger partial charge in [-0.1, -0.05) is 72.4 Å². The van der Waals surface area contributed by atoms with Crippen LogP contribution in [-0.4, -0.2) is 44.3 Å². The van der Waals surface area contributed by atoms with Gasteiger partial charge >= 0.3 is 0 Å². The first-order valence-corrected chi connectivity index (χ1v) is 15.4. The zero-order valence-electron chi connectivity index (χ0n) is 22.5. The minimum Gasteiger partial charge on any atom is -0.354 e. The summed E-state index contributed by atoms with van der Waals surface area (Å²) >= 11 is 18.5. The number of halogens is 3. The molecule has 2 amide bonds. The lowest BCUT2D eigenvalue weighted by Gasteiger charge is -2.33. The number of carbonyl (C=O) groups is 2. The molecule has 7 nitrogen and oxygen atoms in total. The van der Waals surface area contributed by atoms with E-state index in [4.69, 9.17) is 34.8 Å². The van der Waals surface area contributed by atoms with Crippen LogP contribution in [0.25, 0.3) is 0 Å². The molecule has 0 radical (unpaired) electrons. The molecule has 0 spiro atoms. The molecule has 3 aromatic rings. The molecule has 0 heterocycles. The summed E-state index contributed by atoms with van der Waals surface area (Å²) in [6.07, 6.45) is 1.03. The van der Waals surface area contributed by atoms with E-state index in [0.717, 1.165) is 16.3 Å². The number of carbonyl (C=O) groups excluding carboxylic acids is 2. The van der Waals surface area contributed by atoms with Crippen LogP contribution in [0.1, 0.15) is 37.8 Å². The first kappa shape index (κ1) is 31.7. The van der Waals surface area contributed by atoms with Crippen molar-refractivity contribution in [1.82, 2.24) is 10.2 Å². The molecule has 0 bridgehead atoms. The molecular formula is C29H32Cl3N3O4S. The second kappa shape index (κ2) is 14.2. The van der Waals surface area contributed by atoms with Crippen molar-refractivity contribution in [2.24, 2.45) is 0 Å². The van der Waals surface area contributed by atoms with Gasteiger partial charge in [0.1, 0.15) is 12.6 Å². The Balaban J connectivity index is 2.06. The summed E-state index contributed by atoms with van der Waals surface area (Å²) in [6, 6.07) is 16.6. The van der Waals surface area contributed by atoms with Crippen LogP contribution in [0.15, 0.2) is 71.6 Å². The molecule has 0 saturated carbocycles. The van der Waals surface area contributed by atoms with Crippen molar-refractivity contribution >= 4 is 62.3 Å². The van der Waals surface area contributed by atoms with Crippen molar-refractivity contribution in [2.75, 3.05) is 17.4 Å². The molecule has 1 atom stereocenters. The molecule has 1 N–H and O–H groups in total. The highest BCUT2D eigenvalue weighted by Crippen LogP contribution is 2.27. The summed E-state index contributed by atoms with van der Waals surface area (Å²) in [4.78, 5) is 28.5. The van der Waals surface area contributed by atoms with Gasteiger partial charge in [0, 0.05) is 28.2 Å². The monoisotopic (exact) mass is 623 g/mol. The second-order valence-corrected chi connectivity index (χ2v) is 12.4. The maximum absolute atomic E-state index is 14.0. The Kier molecular flexibility index (Phi) is 11.3. The van der Waals surface area contributed by atoms with Crippen molar-refractivity contribution in [3.63, 3.8) is 0 Å². The van der Waals surface area contributed by atoms with Crippen LogP contribution in [-0.2, 0) is 26.2 Å². The number of sulfonamides is 1. The first-order chi connectivity index (χ1) is 19.0. The molecule has 3 rings (SSSR count). The van der Waals surface area contributed by atoms with Crippen molar-refractivity contribution < 1.29 is 18.0 Å². The van der Waals surface area contributed by atoms with Crippen molar-refractivity contribution in [1.29, 1.82) is 0 Å². The van der Waals surface area contributed by atoms with Gasteiger partial charge in [-0.05, 0) is 73.9 Å². The smallest absolute Gasteiger partial charge is 0.264 e. The van der Waals surface area contributed by atoms with Crippen LogP contribution in [0, 0.1) is 6.92 Å². The molecule has 0 aliphatic heterocycles. The number of rotatable bonds is 12. The van der Waals surface area contributed by atoms with Gasteiger partial charge in [0.25, 0.3) is 10.0 Å². The molecule has 214 valence electrons. The summed E-state index contributed by atoms with van der Waals surface area (Å²) in [5, 5.41) is 3.99. The van der Waals surface area contributed by atoms with Crippen LogP contribution in [0.4, 0.5) is 5.69 Å². The van der Waals surface area contributed by atoms with E-state index in [0.29, 0.717) is 39.3 Å². The van der Waals surface area contributed by atoms with Crippen LogP contribution in [0.3, 0.4) is 0 Å². The number of benzene rings is 3. The van der Waals surface area contributed by atoms with E-state index in [9.17, 15) is 18.0 Å². The zero-order chi connectivity index (χ0) is 29.4. The zero-order valence-corrected chi connectivity index (χ0v) is 25.6. The SMILES string of the molecule is CCCNC(=O)[C@@H](CC)N(Cc1ccc(Cl)cc1Cl)C(=O)CN(c1ccc(C)cc1)S(=O)(=O)c1ccc(Cl)cc1. The maximum Gasteiger partial charge on any atom is 0.264 e. The Labute approximate surface area is 251 Å². The van der Waals surface area contributed by atoms with Gasteiger partial charge in [-0.15, -0.1) is 0 Å². The van der Waals surface area contributed by atoms with Crippen molar-refractivity contribution in [3.8, 4) is 0 Å². The molecule has 11 heteroatoms. The molecule has 0 aromatic heterocycles. The van der Waals surface area contributed by atoms with Gasteiger partial charge in [-0.25, -0.2) is 8.42 Å². The third kappa shape index (κ3) is 7.91. The topological polar surface area (TPSA) is 86.8 Å². The molecule has 40 heavy (non-hydrogen) atoms. The first-order valence-electron chi connectivity index (χ1n) is 12.8. The fourth-order valence-electron chi connectivity index (χ4n) is 4.09. The largest absolute Gasteiger partial charge is 0.354 e. The van der Waals surface area contributed by atoms with Crippen LogP contribution in [0.5, 0.6) is 0 Å². The Morgan fingerprint density at radius 2 is 1.52 bits per heavy atom. The quantitative estimate of drug-likeness (QED) is 0.250. The van der Waals surface area contributed by atoms with Crippen LogP contribution < -0.4 is 9.62 Å². The van der Waals surface area contributed by atoms with E-state index in [1.165, 1.54) is 29.2 Å². The summed E-state index contributed by atoms with van der Waals surface area (Å²) in [5.74, 6) is -0.896. The van der Waals surface area contributed by atoms with Crippen LogP contribution in [0.2, 0.25) is 15.1 Å². The summed E-state index contributed by atoms with van der Waals surface area (Å²) < 4.78 is 28.7. The van der Waals surface area contributed by atoms with E-state index < -0.39 is 28.5 Å². The number of nitrogens with one attached hydrogen (secondary N) is 1. The van der Waals surface area contributed by atoms with Gasteiger partial charge in [-0.2, -0.15) is 0 Å². The van der Waals surface area contributed by atoms with E-state index in [2.05, 4.69) is 5.32 Å². The van der Waals surface area contributed by atoms with Crippen molar-refractivity contribution in [3.05, 3.63) is 92.9 Å². The fraction of sp³-hybridized carbons (Fsp3) is 0.310. The molecular weight excluding hydrogens is 593 g/mol. The maximum atomic E-state index is 14.0. The van der Waals surface area contributed by atoms with Gasteiger partial charge < -0.3 is 10.2 Å². The Morgan fingerprint density at radius 3 is 2.10 bits per heavy atom. The van der Waals surface area contributed by atoms with E-state index >= 15 is 0 Å². The van der Waals surface area contributed by atoms with Crippen molar-refractivity contribution in [2.45, 2.75) is 51.1 Å². The fourth-order valence-corrected chi connectivity index (χ4v) is 6.10. The number of nitrogens with zero attached hydrogens (tertiary/aromatic N) is 2. The van der Waals surface area contributed by atoms with Gasteiger partial charge in [0.15, 0.2) is 0 Å². The van der Waals surface area contributed by atoms with Gasteiger partial charge in [0.05, 0.1) is 10.6 Å². The van der Waals surface area contributed by atoms with E-state index in [1.54, 1.807) is 49.4 Å². The average molecular weight is 625 g/mol. The molecule has 0 aliphatic carbocycles. The van der Waals surface area contributed by atoms with Gasteiger partial charge in [0.2, 0.25) is 11.8 Å². The minimum atomic E-state index is -4.18. The van der Waals surface area contributed by atoms with Gasteiger partial charge in [-0.3, -0.25) is 13.9 Å². The number of hydrogen-bond donors (Lipinski definition) is 1. The highest BCUT2D eigenvalue weighted by Gasteiger charge is 2.34. The highest BCUT2D eigenvalue weighted by molar-refractivity contribution is 7.92. The number of amides is 2. The number of anilines is 1. The number of aryl methyl sites for hydroxylation is 1. The van der Waals surface area contributed by atoms with E-state index in [1.807, 2.05) is 13.8 Å². The predicted molar refractivity (Wildman–Crippen MR) is 162 cm³/mol. The summed E-state index contributed by atoms with van der Waals surface area (Å²) in [6.45, 7) is 5.48. The number of hydrogen-bond acceptors (Lipinski definition) is 4. The second-order valence-electron chi connectivity index (χ2n) is 9.27. The standard InChI is InChI=1S/C29H32Cl3N3O4S/c1-4-16-33-29(37)27(5-2)34(18-21-8-9-23(31)17-26(21)32)28(36)19-35(24-12-6-20(3)7-13-24)40(38,39)25-14-10-22(30)11-15-25/h6-15,17,27H,4-5,16,18-19H2,1-3H3,(H,33,37)/t27-/m1/s1. The molecule has 0 saturated heterocycles. The lowest BCUT2D eigenvalue weighted by molar-refractivity contribution is -0.140. The lowest BCUT2D eigenvalue weighted by atomic mass is 10.1. The van der Waals surface area contributed by atoms with Crippen LogP contribution >= 0.6 is 34.8 Å². The molecule has 0 unspecified atom stereocenters. The predicted octanol–water partition coefficient (Wildman–Crippen LogP) is 6.48. The summed E-state index contributed by atoms with van der Waals surface area (Å²) in [5.41, 5.74) is 1.81.